The molecule has 0 saturated carbocycles. The van der Waals surface area contributed by atoms with E-state index in [0.29, 0.717) is 37.5 Å². The Balaban J connectivity index is 1.67. The van der Waals surface area contributed by atoms with Crippen LogP contribution in [0.15, 0.2) is 0 Å². The minimum absolute atomic E-state index is 0.0354. The first-order chi connectivity index (χ1) is 27.4. The zero-order valence-electron chi connectivity index (χ0n) is 33.6. The SMILES string of the molecule is CC(C)CC(CC(=O)NO)C(=O)N[C@H](C(=O)N[C@@H](CS)C(=O)NCC(=O)NCC(=O)N[C@@H](CCCCNC(=O)CCCC[C@@H]1SC[C@@H]2NC(=O)N[C@@H]21)C(N)=O)C(C)C. The van der Waals surface area contributed by atoms with Crippen molar-refractivity contribution in [3.8, 4) is 0 Å². The lowest BCUT2D eigenvalue weighted by molar-refractivity contribution is -0.137. The number of fused-ring (bicyclic) bond motifs is 1. The fourth-order valence-electron chi connectivity index (χ4n) is 6.51. The monoisotopic (exact) mass is 858 g/mol. The van der Waals surface area contributed by atoms with Gasteiger partial charge in [-0.05, 0) is 50.4 Å². The lowest BCUT2D eigenvalue weighted by atomic mass is 9.92. The Morgan fingerprint density at radius 3 is 2.16 bits per heavy atom. The lowest BCUT2D eigenvalue weighted by Gasteiger charge is -2.27. The number of urea groups is 1. The number of carbonyl (C=O) groups is 9. The molecule has 2 aliphatic heterocycles. The third-order valence-corrected chi connectivity index (χ3v) is 11.5. The fraction of sp³-hybridized carbons (Fsp3) is 0.750. The molecule has 2 heterocycles. The van der Waals surface area contributed by atoms with E-state index >= 15 is 0 Å². The smallest absolute Gasteiger partial charge is 0.315 e. The molecular formula is C36H62N10O10S2. The lowest BCUT2D eigenvalue weighted by Crippen LogP contribution is -2.57. The second kappa shape index (κ2) is 25.9. The molecule has 0 spiro atoms. The van der Waals surface area contributed by atoms with Gasteiger partial charge in [-0.15, -0.1) is 0 Å². The van der Waals surface area contributed by atoms with Gasteiger partial charge in [-0.3, -0.25) is 43.6 Å². The second-order valence-electron chi connectivity index (χ2n) is 15.3. The molecule has 2 fully saturated rings. The van der Waals surface area contributed by atoms with Gasteiger partial charge in [0.25, 0.3) is 0 Å². The highest BCUT2D eigenvalue weighted by Gasteiger charge is 2.42. The Morgan fingerprint density at radius 1 is 0.810 bits per heavy atom. The number of nitrogens with two attached hydrogens (primary N) is 1. The molecule has 2 aliphatic rings. The minimum Gasteiger partial charge on any atom is -0.368 e. The van der Waals surface area contributed by atoms with E-state index in [1.165, 1.54) is 5.48 Å². The highest BCUT2D eigenvalue weighted by atomic mass is 32.2. The summed E-state index contributed by atoms with van der Waals surface area (Å²) in [5, 5.41) is 30.3. The molecule has 2 saturated heterocycles. The van der Waals surface area contributed by atoms with Crippen LogP contribution in [0.2, 0.25) is 0 Å². The van der Waals surface area contributed by atoms with Gasteiger partial charge in [0.05, 0.1) is 25.2 Å². The number of hydroxylamine groups is 1. The number of thiol groups is 1. The quantitative estimate of drug-likeness (QED) is 0.0146. The maximum Gasteiger partial charge on any atom is 0.315 e. The van der Waals surface area contributed by atoms with Crippen LogP contribution in [0, 0.1) is 17.8 Å². The van der Waals surface area contributed by atoms with Crippen LogP contribution in [0.3, 0.4) is 0 Å². The predicted molar refractivity (Wildman–Crippen MR) is 218 cm³/mol. The van der Waals surface area contributed by atoms with Crippen LogP contribution in [0.1, 0.15) is 85.5 Å². The zero-order chi connectivity index (χ0) is 43.4. The maximum atomic E-state index is 13.2. The minimum atomic E-state index is -1.20. The molecule has 0 aromatic rings. The molecule has 58 heavy (non-hydrogen) atoms. The Kier molecular flexibility index (Phi) is 22.3. The molecule has 0 aromatic heterocycles. The van der Waals surface area contributed by atoms with Crippen molar-refractivity contribution in [2.45, 2.75) is 121 Å². The van der Waals surface area contributed by atoms with Crippen LogP contribution >= 0.6 is 24.4 Å². The molecule has 12 N–H and O–H groups in total. The van der Waals surface area contributed by atoms with E-state index in [9.17, 15) is 43.2 Å². The van der Waals surface area contributed by atoms with Gasteiger partial charge in [-0.1, -0.05) is 34.1 Å². The van der Waals surface area contributed by atoms with E-state index in [4.69, 9.17) is 10.9 Å². The van der Waals surface area contributed by atoms with E-state index in [1.807, 2.05) is 25.6 Å². The van der Waals surface area contributed by atoms with Gasteiger partial charge in [0, 0.05) is 42.1 Å². The molecule has 0 radical (unpaired) electrons. The standard InChI is InChI=1S/C36H62N10O10S2/c1-19(2)13-21(14-27(48)46-56)33(52)44-30(20(3)4)35(54)42-23(17-57)34(53)40-15-28(49)39-16-29(50)41-22(32(37)51)9-7-8-12-38-26(47)11-6-5-10-25-31-24(18-58-25)43-36(55)45-31/h19-25,30-31,56-57H,5-18H2,1-4H3,(H2,37,51)(H,38,47)(H,39,49)(H,40,53)(H,41,50)(H,42,54)(H,44,52)(H,46,48)(H2,43,45,55)/t21?,22-,23-,24-,25-,30-,31-/m0/s1. The van der Waals surface area contributed by atoms with Gasteiger partial charge in [0.2, 0.25) is 47.3 Å². The van der Waals surface area contributed by atoms with Crippen molar-refractivity contribution in [1.29, 1.82) is 0 Å². The van der Waals surface area contributed by atoms with Crippen molar-refractivity contribution in [3.63, 3.8) is 0 Å². The van der Waals surface area contributed by atoms with Crippen LogP contribution in [-0.4, -0.2) is 125 Å². The van der Waals surface area contributed by atoms with Crippen molar-refractivity contribution in [1.82, 2.24) is 48.0 Å². The summed E-state index contributed by atoms with van der Waals surface area (Å²) in [6.45, 7) is 6.40. The van der Waals surface area contributed by atoms with E-state index in [2.05, 4.69) is 55.2 Å². The molecule has 10 amide bonds. The van der Waals surface area contributed by atoms with Crippen molar-refractivity contribution >= 4 is 77.7 Å². The van der Waals surface area contributed by atoms with Gasteiger partial charge in [-0.25, -0.2) is 10.3 Å². The van der Waals surface area contributed by atoms with Crippen LogP contribution in [-0.2, 0) is 38.4 Å². The van der Waals surface area contributed by atoms with Gasteiger partial charge in [0.1, 0.15) is 18.1 Å². The second-order valence-corrected chi connectivity index (χ2v) is 16.9. The Morgan fingerprint density at radius 2 is 1.52 bits per heavy atom. The molecule has 0 bridgehead atoms. The van der Waals surface area contributed by atoms with Gasteiger partial charge in [0.15, 0.2) is 0 Å². The van der Waals surface area contributed by atoms with E-state index < -0.39 is 84.4 Å². The number of hydrogen-bond acceptors (Lipinski definition) is 12. The Labute approximate surface area is 348 Å². The number of carbonyl (C=O) groups excluding carboxylic acids is 9. The molecule has 0 aliphatic carbocycles. The van der Waals surface area contributed by atoms with E-state index in [-0.39, 0.29) is 48.5 Å². The van der Waals surface area contributed by atoms with Crippen LogP contribution in [0.25, 0.3) is 0 Å². The molecule has 2 rings (SSSR count). The average molecular weight is 859 g/mol. The normalized spacial score (nSPS) is 19.0. The van der Waals surface area contributed by atoms with Crippen LogP contribution < -0.4 is 53.7 Å². The highest BCUT2D eigenvalue weighted by Crippen LogP contribution is 2.33. The summed E-state index contributed by atoms with van der Waals surface area (Å²) in [7, 11) is 0. The first-order valence-corrected chi connectivity index (χ1v) is 21.4. The summed E-state index contributed by atoms with van der Waals surface area (Å²) in [6.07, 6.45) is 4.16. The fourth-order valence-corrected chi connectivity index (χ4v) is 8.31. The summed E-state index contributed by atoms with van der Waals surface area (Å²) in [6, 6.07) is -3.09. The van der Waals surface area contributed by atoms with Crippen molar-refractivity contribution < 1.29 is 48.4 Å². The number of thioether (sulfide) groups is 1. The maximum absolute atomic E-state index is 13.2. The zero-order valence-corrected chi connectivity index (χ0v) is 35.4. The Bertz CT molecular complexity index is 1460. The molecular weight excluding hydrogens is 797 g/mol. The molecule has 0 aromatic carbocycles. The van der Waals surface area contributed by atoms with Crippen LogP contribution in [0.4, 0.5) is 4.79 Å². The topological polar surface area (TPSA) is 308 Å². The molecule has 328 valence electrons. The van der Waals surface area contributed by atoms with Gasteiger partial charge in [-0.2, -0.15) is 24.4 Å². The van der Waals surface area contributed by atoms with Crippen molar-refractivity contribution in [2.24, 2.45) is 23.5 Å². The first kappa shape index (κ1) is 49.8. The van der Waals surface area contributed by atoms with E-state index in [1.54, 1.807) is 13.8 Å². The van der Waals surface area contributed by atoms with E-state index in [0.717, 1.165) is 25.0 Å². The summed E-state index contributed by atoms with van der Waals surface area (Å²) in [5.41, 5.74) is 6.96. The third-order valence-electron chi connectivity index (χ3n) is 9.62. The summed E-state index contributed by atoms with van der Waals surface area (Å²) in [4.78, 5) is 111. The summed E-state index contributed by atoms with van der Waals surface area (Å²) < 4.78 is 0. The summed E-state index contributed by atoms with van der Waals surface area (Å²) in [5.74, 6) is -5.51. The summed E-state index contributed by atoms with van der Waals surface area (Å²) >= 11 is 5.97. The third kappa shape index (κ3) is 18.1. The largest absolute Gasteiger partial charge is 0.368 e. The number of unbranched alkanes of at least 4 members (excludes halogenated alkanes) is 2. The molecule has 1 unspecified atom stereocenters. The van der Waals surface area contributed by atoms with Gasteiger partial charge >= 0.3 is 6.03 Å². The van der Waals surface area contributed by atoms with Gasteiger partial charge < -0.3 is 48.3 Å². The number of hydrogen-bond donors (Lipinski definition) is 12. The molecule has 20 nitrogen and oxygen atoms in total. The number of nitrogens with one attached hydrogen (secondary N) is 9. The number of amides is 10. The number of rotatable bonds is 27. The number of primary amides is 1. The molecule has 22 heteroatoms. The Hall–Kier alpha value is -4.31. The first-order valence-electron chi connectivity index (χ1n) is 19.7. The highest BCUT2D eigenvalue weighted by molar-refractivity contribution is 8.00. The van der Waals surface area contributed by atoms with Crippen molar-refractivity contribution in [3.05, 3.63) is 0 Å². The molecule has 7 atom stereocenters. The predicted octanol–water partition coefficient (Wildman–Crippen LogP) is -1.69. The van der Waals surface area contributed by atoms with Crippen molar-refractivity contribution in [2.75, 3.05) is 31.1 Å². The van der Waals surface area contributed by atoms with Crippen LogP contribution in [0.5, 0.6) is 0 Å². The average Bonchev–Trinajstić information content (AvgIpc) is 3.72.